The monoisotopic (exact) mass is 333 g/mol. The lowest BCUT2D eigenvalue weighted by Gasteiger charge is -2.09. The predicted molar refractivity (Wildman–Crippen MR) is 84.4 cm³/mol. The zero-order valence-electron chi connectivity index (χ0n) is 11.6. The van der Waals surface area contributed by atoms with Gasteiger partial charge in [-0.1, -0.05) is 26.0 Å². The van der Waals surface area contributed by atoms with Gasteiger partial charge in [-0.2, -0.15) is 10.2 Å². The van der Waals surface area contributed by atoms with Crippen LogP contribution >= 0.6 is 15.9 Å². The van der Waals surface area contributed by atoms with Gasteiger partial charge in [-0.3, -0.25) is 0 Å². The summed E-state index contributed by atoms with van der Waals surface area (Å²) < 4.78 is 5.81. The summed E-state index contributed by atoms with van der Waals surface area (Å²) in [5, 5.41) is 8.77. The average molecular weight is 334 g/mol. The van der Waals surface area contributed by atoms with Crippen molar-refractivity contribution >= 4 is 21.7 Å². The maximum Gasteiger partial charge on any atom is 0.215 e. The van der Waals surface area contributed by atoms with Crippen LogP contribution in [0.2, 0.25) is 0 Å². The number of aromatic nitrogens is 1. The molecule has 0 spiro atoms. The number of ether oxygens (including phenoxy) is 1. The third-order valence-corrected chi connectivity index (χ3v) is 3.33. The highest BCUT2D eigenvalue weighted by molar-refractivity contribution is 9.10. The van der Waals surface area contributed by atoms with Crippen molar-refractivity contribution in [2.75, 3.05) is 12.8 Å². The van der Waals surface area contributed by atoms with Crippen LogP contribution in [0.1, 0.15) is 19.4 Å². The van der Waals surface area contributed by atoms with E-state index in [4.69, 9.17) is 15.7 Å². The number of rotatable bonds is 2. The van der Waals surface area contributed by atoms with Crippen LogP contribution in [-0.2, 0) is 0 Å². The standard InChI is InChI=1S/C13H10BrN3O.C2H6/c1-18-11-6-10(12(14)13(16)17-11)9-4-2-8(7-15)3-5-9;1-2/h2-6H,1H3,(H2,16,17);1-2H3. The molecule has 0 atom stereocenters. The normalized spacial score (nSPS) is 9.15. The lowest BCUT2D eigenvalue weighted by atomic mass is 10.1. The van der Waals surface area contributed by atoms with Crippen LogP contribution in [0.25, 0.3) is 11.1 Å². The average Bonchev–Trinajstić information content (AvgIpc) is 2.52. The van der Waals surface area contributed by atoms with Crippen LogP contribution in [0.15, 0.2) is 34.8 Å². The topological polar surface area (TPSA) is 71.9 Å². The molecule has 2 aromatic rings. The third kappa shape index (κ3) is 3.49. The first-order chi connectivity index (χ1) is 9.65. The molecule has 20 heavy (non-hydrogen) atoms. The Bertz CT molecular complexity index is 618. The van der Waals surface area contributed by atoms with E-state index in [0.717, 1.165) is 11.1 Å². The van der Waals surface area contributed by atoms with Crippen molar-refractivity contribution in [1.82, 2.24) is 4.98 Å². The quantitative estimate of drug-likeness (QED) is 0.901. The predicted octanol–water partition coefficient (Wildman–Crippen LogP) is 4.00. The molecule has 0 aliphatic rings. The van der Waals surface area contributed by atoms with Crippen molar-refractivity contribution in [2.24, 2.45) is 0 Å². The van der Waals surface area contributed by atoms with E-state index in [2.05, 4.69) is 27.0 Å². The molecule has 1 aromatic heterocycles. The molecule has 2 rings (SSSR count). The molecular weight excluding hydrogens is 318 g/mol. The van der Waals surface area contributed by atoms with Gasteiger partial charge in [-0.05, 0) is 33.6 Å². The number of nitrogens with two attached hydrogens (primary N) is 1. The maximum absolute atomic E-state index is 8.77. The van der Waals surface area contributed by atoms with Gasteiger partial charge in [0.25, 0.3) is 0 Å². The van der Waals surface area contributed by atoms with E-state index in [9.17, 15) is 0 Å². The van der Waals surface area contributed by atoms with E-state index in [-0.39, 0.29) is 0 Å². The summed E-state index contributed by atoms with van der Waals surface area (Å²) in [5.41, 5.74) is 8.23. The number of benzene rings is 1. The Kier molecular flexibility index (Phi) is 6.01. The van der Waals surface area contributed by atoms with Gasteiger partial charge in [-0.25, -0.2) is 0 Å². The van der Waals surface area contributed by atoms with Crippen molar-refractivity contribution in [2.45, 2.75) is 13.8 Å². The second-order valence-electron chi connectivity index (χ2n) is 3.60. The summed E-state index contributed by atoms with van der Waals surface area (Å²) in [6.07, 6.45) is 0. The lowest BCUT2D eigenvalue weighted by molar-refractivity contribution is 0.398. The molecule has 0 aliphatic carbocycles. The highest BCUT2D eigenvalue weighted by atomic mass is 79.9. The number of methoxy groups -OCH3 is 1. The molecule has 5 heteroatoms. The first-order valence-electron chi connectivity index (χ1n) is 6.16. The molecule has 0 unspecified atom stereocenters. The van der Waals surface area contributed by atoms with Crippen LogP contribution in [0.3, 0.4) is 0 Å². The van der Waals surface area contributed by atoms with Gasteiger partial charge < -0.3 is 10.5 Å². The highest BCUT2D eigenvalue weighted by Crippen LogP contribution is 2.34. The third-order valence-electron chi connectivity index (χ3n) is 2.49. The molecular formula is C15H16BrN3O. The lowest BCUT2D eigenvalue weighted by Crippen LogP contribution is -1.97. The molecule has 0 bridgehead atoms. The van der Waals surface area contributed by atoms with Crippen molar-refractivity contribution in [1.29, 1.82) is 5.26 Å². The molecule has 0 amide bonds. The van der Waals surface area contributed by atoms with E-state index >= 15 is 0 Å². The minimum Gasteiger partial charge on any atom is -0.481 e. The Balaban J connectivity index is 0.000000956. The summed E-state index contributed by atoms with van der Waals surface area (Å²) in [5.74, 6) is 0.823. The van der Waals surface area contributed by atoms with Gasteiger partial charge in [0.2, 0.25) is 5.88 Å². The number of nitrogens with zero attached hydrogens (tertiary/aromatic N) is 2. The van der Waals surface area contributed by atoms with E-state index in [0.29, 0.717) is 21.7 Å². The van der Waals surface area contributed by atoms with Crippen molar-refractivity contribution < 1.29 is 4.74 Å². The summed E-state index contributed by atoms with van der Waals surface area (Å²) in [6, 6.07) is 11.1. The zero-order chi connectivity index (χ0) is 15.1. The van der Waals surface area contributed by atoms with E-state index in [1.165, 1.54) is 7.11 Å². The van der Waals surface area contributed by atoms with Crippen LogP contribution in [0.4, 0.5) is 5.82 Å². The number of nitrogen functional groups attached to an aromatic ring is 1. The second-order valence-corrected chi connectivity index (χ2v) is 4.39. The number of anilines is 1. The van der Waals surface area contributed by atoms with Gasteiger partial charge in [0, 0.05) is 11.6 Å². The molecule has 0 saturated heterocycles. The minimum atomic E-state index is 0.369. The molecule has 4 nitrogen and oxygen atoms in total. The Labute approximate surface area is 127 Å². The Morgan fingerprint density at radius 3 is 2.35 bits per heavy atom. The smallest absolute Gasteiger partial charge is 0.215 e. The molecule has 1 heterocycles. The van der Waals surface area contributed by atoms with Gasteiger partial charge in [-0.15, -0.1) is 0 Å². The van der Waals surface area contributed by atoms with Crippen LogP contribution in [0.5, 0.6) is 5.88 Å². The fraction of sp³-hybridized carbons (Fsp3) is 0.200. The van der Waals surface area contributed by atoms with E-state index in [1.54, 1.807) is 18.2 Å². The van der Waals surface area contributed by atoms with Gasteiger partial charge in [0.05, 0.1) is 23.2 Å². The summed E-state index contributed by atoms with van der Waals surface area (Å²) >= 11 is 3.41. The second kappa shape index (κ2) is 7.51. The number of halogens is 1. The summed E-state index contributed by atoms with van der Waals surface area (Å²) in [7, 11) is 1.54. The van der Waals surface area contributed by atoms with E-state index in [1.807, 2.05) is 26.0 Å². The molecule has 0 fully saturated rings. The Morgan fingerprint density at radius 1 is 1.25 bits per heavy atom. The van der Waals surface area contributed by atoms with Crippen LogP contribution < -0.4 is 10.5 Å². The number of pyridine rings is 1. The number of nitriles is 1. The van der Waals surface area contributed by atoms with Gasteiger partial charge in [0.1, 0.15) is 5.82 Å². The van der Waals surface area contributed by atoms with Crippen molar-refractivity contribution in [3.8, 4) is 23.1 Å². The number of hydrogen-bond acceptors (Lipinski definition) is 4. The van der Waals surface area contributed by atoms with Gasteiger partial charge >= 0.3 is 0 Å². The molecule has 2 N–H and O–H groups in total. The zero-order valence-corrected chi connectivity index (χ0v) is 13.2. The minimum absolute atomic E-state index is 0.369. The van der Waals surface area contributed by atoms with Crippen molar-refractivity contribution in [3.05, 3.63) is 40.4 Å². The summed E-state index contributed by atoms with van der Waals surface area (Å²) in [4.78, 5) is 4.07. The fourth-order valence-electron chi connectivity index (χ4n) is 1.56. The van der Waals surface area contributed by atoms with Gasteiger partial charge in [0.15, 0.2) is 0 Å². The van der Waals surface area contributed by atoms with Crippen molar-refractivity contribution in [3.63, 3.8) is 0 Å². The Morgan fingerprint density at radius 2 is 1.85 bits per heavy atom. The first-order valence-corrected chi connectivity index (χ1v) is 6.95. The first kappa shape index (κ1) is 16.0. The maximum atomic E-state index is 8.77. The molecule has 1 aromatic carbocycles. The number of hydrogen-bond donors (Lipinski definition) is 1. The fourth-order valence-corrected chi connectivity index (χ4v) is 2.00. The molecule has 0 aliphatic heterocycles. The molecule has 104 valence electrons. The molecule has 0 radical (unpaired) electrons. The Hall–Kier alpha value is -2.06. The van der Waals surface area contributed by atoms with Crippen LogP contribution in [0, 0.1) is 11.3 Å². The SMILES string of the molecule is CC.COc1cc(-c2ccc(C#N)cc2)c(Br)c(N)n1. The largest absolute Gasteiger partial charge is 0.481 e. The van der Waals surface area contributed by atoms with Crippen LogP contribution in [-0.4, -0.2) is 12.1 Å². The molecule has 0 saturated carbocycles. The highest BCUT2D eigenvalue weighted by Gasteiger charge is 2.10. The van der Waals surface area contributed by atoms with E-state index < -0.39 is 0 Å². The summed E-state index contributed by atoms with van der Waals surface area (Å²) in [6.45, 7) is 4.00.